The molecule has 2 aromatic heterocycles. The molecular weight excluding hydrogens is 350 g/mol. The van der Waals surface area contributed by atoms with E-state index in [0.717, 1.165) is 9.75 Å². The van der Waals surface area contributed by atoms with E-state index in [2.05, 4.69) is 10.1 Å². The van der Waals surface area contributed by atoms with Gasteiger partial charge in [0.1, 0.15) is 0 Å². The number of aromatic nitrogens is 2. The van der Waals surface area contributed by atoms with Crippen molar-refractivity contribution in [3.8, 4) is 0 Å². The highest BCUT2D eigenvalue weighted by molar-refractivity contribution is 7.89. The first-order valence-corrected chi connectivity index (χ1v) is 10.0. The van der Waals surface area contributed by atoms with Crippen molar-refractivity contribution in [2.24, 2.45) is 0 Å². The number of hydrogen-bond acceptors (Lipinski definition) is 7. The summed E-state index contributed by atoms with van der Waals surface area (Å²) in [6, 6.07) is 1.68. The van der Waals surface area contributed by atoms with Crippen molar-refractivity contribution >= 4 is 21.4 Å². The predicted molar refractivity (Wildman–Crippen MR) is 89.5 cm³/mol. The molecular formula is C15H21N3O4S2. The first kappa shape index (κ1) is 17.5. The highest BCUT2D eigenvalue weighted by Crippen LogP contribution is 2.36. The normalized spacial score (nSPS) is 22.6. The Kier molecular flexibility index (Phi) is 4.31. The monoisotopic (exact) mass is 371 g/mol. The van der Waals surface area contributed by atoms with Crippen molar-refractivity contribution in [2.75, 3.05) is 13.1 Å². The van der Waals surface area contributed by atoms with Crippen molar-refractivity contribution in [3.05, 3.63) is 27.5 Å². The van der Waals surface area contributed by atoms with E-state index in [1.54, 1.807) is 13.0 Å². The average Bonchev–Trinajstić information content (AvgIpc) is 3.17. The second-order valence-corrected chi connectivity index (χ2v) is 9.88. The van der Waals surface area contributed by atoms with E-state index in [1.807, 2.05) is 20.8 Å². The van der Waals surface area contributed by atoms with E-state index in [9.17, 15) is 13.5 Å². The Balaban J connectivity index is 1.87. The van der Waals surface area contributed by atoms with Gasteiger partial charge in [-0.2, -0.15) is 9.29 Å². The molecule has 0 radical (unpaired) electrons. The first-order valence-electron chi connectivity index (χ1n) is 7.77. The fourth-order valence-electron chi connectivity index (χ4n) is 2.80. The lowest BCUT2D eigenvalue weighted by atomic mass is 10.0. The number of aliphatic hydroxyl groups is 1. The van der Waals surface area contributed by atoms with Gasteiger partial charge in [-0.25, -0.2) is 8.42 Å². The summed E-state index contributed by atoms with van der Waals surface area (Å²) in [4.78, 5) is 6.23. The van der Waals surface area contributed by atoms with Gasteiger partial charge in [-0.15, -0.1) is 11.3 Å². The molecule has 1 saturated heterocycles. The molecule has 7 nitrogen and oxygen atoms in total. The SMILES string of the molecule is Cc1cc(S(=O)(=O)N2CC[C@](O)(c3nc(C(C)C)no3)C2)c(C)s1. The molecule has 24 heavy (non-hydrogen) atoms. The number of sulfonamides is 1. The lowest BCUT2D eigenvalue weighted by Crippen LogP contribution is -2.34. The number of thiophene rings is 1. The zero-order chi connectivity index (χ0) is 17.7. The highest BCUT2D eigenvalue weighted by Gasteiger charge is 2.47. The summed E-state index contributed by atoms with van der Waals surface area (Å²) in [7, 11) is -3.64. The molecule has 3 rings (SSSR count). The average molecular weight is 371 g/mol. The Morgan fingerprint density at radius 3 is 2.67 bits per heavy atom. The molecule has 0 saturated carbocycles. The van der Waals surface area contributed by atoms with Crippen LogP contribution in [0.25, 0.3) is 0 Å². The van der Waals surface area contributed by atoms with Crippen LogP contribution in [0.2, 0.25) is 0 Å². The van der Waals surface area contributed by atoms with E-state index < -0.39 is 15.6 Å². The summed E-state index contributed by atoms with van der Waals surface area (Å²) in [6.45, 7) is 7.65. The fraction of sp³-hybridized carbons (Fsp3) is 0.600. The minimum absolute atomic E-state index is 0.0729. The predicted octanol–water partition coefficient (Wildman–Crippen LogP) is 2.15. The van der Waals surface area contributed by atoms with Crippen molar-refractivity contribution in [1.82, 2.24) is 14.4 Å². The van der Waals surface area contributed by atoms with Crippen LogP contribution in [0.1, 0.15) is 47.7 Å². The topological polar surface area (TPSA) is 96.5 Å². The van der Waals surface area contributed by atoms with Gasteiger partial charge in [0.15, 0.2) is 11.4 Å². The summed E-state index contributed by atoms with van der Waals surface area (Å²) >= 11 is 1.45. The van der Waals surface area contributed by atoms with E-state index in [4.69, 9.17) is 4.52 Å². The van der Waals surface area contributed by atoms with Crippen molar-refractivity contribution in [1.29, 1.82) is 0 Å². The molecule has 0 spiro atoms. The Morgan fingerprint density at radius 1 is 1.42 bits per heavy atom. The van der Waals surface area contributed by atoms with Gasteiger partial charge in [0, 0.05) is 28.6 Å². The Bertz CT molecular complexity index is 856. The summed E-state index contributed by atoms with van der Waals surface area (Å²) < 4.78 is 32.2. The van der Waals surface area contributed by atoms with Gasteiger partial charge in [-0.3, -0.25) is 0 Å². The summed E-state index contributed by atoms with van der Waals surface area (Å²) in [5.41, 5.74) is -1.44. The number of β-amino-alcohol motifs (C(OH)–C–C–N with tert-alkyl or cyclic N) is 1. The van der Waals surface area contributed by atoms with Crippen LogP contribution >= 0.6 is 11.3 Å². The van der Waals surface area contributed by atoms with Crippen LogP contribution in [0.5, 0.6) is 0 Å². The molecule has 0 bridgehead atoms. The number of rotatable bonds is 4. The molecule has 0 unspecified atom stereocenters. The maximum absolute atomic E-state index is 12.9. The van der Waals surface area contributed by atoms with Gasteiger partial charge in [0.25, 0.3) is 5.89 Å². The third-order valence-corrected chi connectivity index (χ3v) is 7.25. The van der Waals surface area contributed by atoms with E-state index in [1.165, 1.54) is 15.6 Å². The molecule has 0 amide bonds. The van der Waals surface area contributed by atoms with E-state index in [-0.39, 0.29) is 31.3 Å². The molecule has 1 N–H and O–H groups in total. The molecule has 1 aliphatic heterocycles. The first-order chi connectivity index (χ1) is 11.1. The third kappa shape index (κ3) is 2.90. The maximum Gasteiger partial charge on any atom is 0.260 e. The highest BCUT2D eigenvalue weighted by atomic mass is 32.2. The molecule has 132 valence electrons. The van der Waals surface area contributed by atoms with Gasteiger partial charge < -0.3 is 9.63 Å². The fourth-order valence-corrected chi connectivity index (χ4v) is 5.82. The van der Waals surface area contributed by atoms with Crippen LogP contribution in [-0.4, -0.2) is 41.1 Å². The summed E-state index contributed by atoms with van der Waals surface area (Å²) in [5, 5.41) is 14.7. The van der Waals surface area contributed by atoms with Crippen LogP contribution in [0.15, 0.2) is 15.5 Å². The van der Waals surface area contributed by atoms with Gasteiger partial charge in [-0.1, -0.05) is 19.0 Å². The minimum Gasteiger partial charge on any atom is -0.379 e. The standard InChI is InChI=1S/C15H21N3O4S2/c1-9(2)13-16-14(22-17-13)15(19)5-6-18(8-15)24(20,21)12-7-10(3)23-11(12)4/h7,9,19H,5-6,8H2,1-4H3/t15-/m1/s1. The minimum atomic E-state index is -3.64. The molecule has 3 heterocycles. The van der Waals surface area contributed by atoms with Crippen LogP contribution in [0.3, 0.4) is 0 Å². The Labute approximate surface area is 145 Å². The molecule has 1 aliphatic rings. The van der Waals surface area contributed by atoms with E-state index in [0.29, 0.717) is 10.7 Å². The molecule has 2 aromatic rings. The lowest BCUT2D eigenvalue weighted by Gasteiger charge is -2.19. The number of hydrogen-bond donors (Lipinski definition) is 1. The quantitative estimate of drug-likeness (QED) is 0.884. The molecule has 0 aliphatic carbocycles. The summed E-state index contributed by atoms with van der Waals surface area (Å²) in [6.07, 6.45) is 0.230. The van der Waals surface area contributed by atoms with Crippen molar-refractivity contribution < 1.29 is 18.0 Å². The smallest absolute Gasteiger partial charge is 0.260 e. The molecule has 0 aromatic carbocycles. The second kappa shape index (κ2) is 5.91. The lowest BCUT2D eigenvalue weighted by molar-refractivity contribution is 0.0194. The van der Waals surface area contributed by atoms with Gasteiger partial charge in [-0.05, 0) is 19.9 Å². The molecule has 1 atom stereocenters. The van der Waals surface area contributed by atoms with Crippen LogP contribution in [-0.2, 0) is 15.6 Å². The van der Waals surface area contributed by atoms with Crippen LogP contribution < -0.4 is 0 Å². The van der Waals surface area contributed by atoms with Gasteiger partial charge in [0.05, 0.1) is 11.4 Å². The second-order valence-electron chi connectivity index (χ2n) is 6.51. The van der Waals surface area contributed by atoms with Gasteiger partial charge in [0.2, 0.25) is 10.0 Å². The number of nitrogens with zero attached hydrogens (tertiary/aromatic N) is 3. The largest absolute Gasteiger partial charge is 0.379 e. The zero-order valence-corrected chi connectivity index (χ0v) is 15.7. The number of aryl methyl sites for hydroxylation is 2. The van der Waals surface area contributed by atoms with Gasteiger partial charge >= 0.3 is 0 Å². The maximum atomic E-state index is 12.9. The Morgan fingerprint density at radius 2 is 2.12 bits per heavy atom. The zero-order valence-electron chi connectivity index (χ0n) is 14.1. The Hall–Kier alpha value is -1.29. The van der Waals surface area contributed by atoms with Crippen molar-refractivity contribution in [2.45, 2.75) is 50.5 Å². The van der Waals surface area contributed by atoms with Crippen LogP contribution in [0.4, 0.5) is 0 Å². The van der Waals surface area contributed by atoms with E-state index >= 15 is 0 Å². The molecule has 9 heteroatoms. The van der Waals surface area contributed by atoms with Crippen LogP contribution in [0, 0.1) is 13.8 Å². The third-order valence-electron chi connectivity index (χ3n) is 4.18. The van der Waals surface area contributed by atoms with Crippen molar-refractivity contribution in [3.63, 3.8) is 0 Å². The summed E-state index contributed by atoms with van der Waals surface area (Å²) in [5.74, 6) is 0.662. The molecule has 1 fully saturated rings.